The smallest absolute Gasteiger partial charge is 0.328 e. The van der Waals surface area contributed by atoms with E-state index in [0.29, 0.717) is 28.2 Å². The molecule has 0 bridgehead atoms. The van der Waals surface area contributed by atoms with Crippen LogP contribution in [0.25, 0.3) is 11.3 Å². The second-order valence-corrected chi connectivity index (χ2v) is 10.7. The third kappa shape index (κ3) is 5.89. The molecule has 1 aliphatic rings. The zero-order chi connectivity index (χ0) is 25.1. The highest BCUT2D eigenvalue weighted by molar-refractivity contribution is 7.16. The number of carboxylic acid groups (broad SMARTS) is 1. The average Bonchev–Trinajstić information content (AvgIpc) is 3.24. The van der Waals surface area contributed by atoms with E-state index in [1.807, 2.05) is 29.2 Å². The van der Waals surface area contributed by atoms with Crippen LogP contribution in [0, 0.1) is 5.92 Å². The van der Waals surface area contributed by atoms with Gasteiger partial charge in [0.25, 0.3) is 0 Å². The molecule has 1 atom stereocenters. The minimum absolute atomic E-state index is 0.146. The van der Waals surface area contributed by atoms with E-state index in [2.05, 4.69) is 19.2 Å². The monoisotopic (exact) mass is 532 g/mol. The van der Waals surface area contributed by atoms with E-state index >= 15 is 0 Å². The van der Waals surface area contributed by atoms with Gasteiger partial charge in [-0.25, -0.2) is 14.6 Å². The fraction of sp³-hybridized carbons (Fsp3) is 0.320. The summed E-state index contributed by atoms with van der Waals surface area (Å²) < 4.78 is 0. The summed E-state index contributed by atoms with van der Waals surface area (Å²) in [6.07, 6.45) is 0.828. The van der Waals surface area contributed by atoms with Crippen molar-refractivity contribution >= 4 is 57.4 Å². The molecular weight excluding hydrogens is 507 g/mol. The van der Waals surface area contributed by atoms with Gasteiger partial charge in [-0.05, 0) is 36.6 Å². The van der Waals surface area contributed by atoms with Crippen molar-refractivity contribution in [1.82, 2.24) is 9.88 Å². The average molecular weight is 533 g/mol. The van der Waals surface area contributed by atoms with Gasteiger partial charge in [0, 0.05) is 29.2 Å². The number of hydrogen-bond acceptors (Lipinski definition) is 5. The molecule has 1 aliphatic heterocycles. The van der Waals surface area contributed by atoms with E-state index in [9.17, 15) is 14.7 Å². The number of carbonyl (C=O) groups is 2. The van der Waals surface area contributed by atoms with Crippen LogP contribution in [0.15, 0.2) is 48.5 Å². The third-order valence-corrected chi connectivity index (χ3v) is 7.57. The van der Waals surface area contributed by atoms with Crippen LogP contribution >= 0.6 is 34.5 Å². The molecular formula is C25H26Cl2N4O3S. The number of nitrogens with one attached hydrogen (secondary N) is 1. The SMILES string of the molecule is CC(C)Cc1sc(N2CCN(C(=O)Nc3ccccc3)C(C(=O)O)C2)nc1-c1ccc(Cl)c(Cl)c1. The number of amides is 2. The fourth-order valence-electron chi connectivity index (χ4n) is 3.98. The number of benzene rings is 2. The van der Waals surface area contributed by atoms with Gasteiger partial charge < -0.3 is 20.2 Å². The maximum Gasteiger partial charge on any atom is 0.328 e. The second kappa shape index (κ2) is 10.8. The molecule has 3 aromatic rings. The van der Waals surface area contributed by atoms with E-state index in [1.54, 1.807) is 35.6 Å². The molecule has 1 saturated heterocycles. The summed E-state index contributed by atoms with van der Waals surface area (Å²) in [4.78, 5) is 34.3. The number of thiazole rings is 1. The molecule has 1 aromatic heterocycles. The molecule has 0 spiro atoms. The molecule has 0 radical (unpaired) electrons. The Bertz CT molecular complexity index is 1220. The van der Waals surface area contributed by atoms with Crippen LogP contribution in [0.2, 0.25) is 10.0 Å². The molecule has 0 saturated carbocycles. The van der Waals surface area contributed by atoms with E-state index in [-0.39, 0.29) is 13.1 Å². The Morgan fingerprint density at radius 2 is 1.89 bits per heavy atom. The maximum absolute atomic E-state index is 12.8. The lowest BCUT2D eigenvalue weighted by Crippen LogP contribution is -2.59. The zero-order valence-corrected chi connectivity index (χ0v) is 21.7. The molecule has 2 aromatic carbocycles. The van der Waals surface area contributed by atoms with Gasteiger partial charge in [-0.1, -0.05) is 61.3 Å². The zero-order valence-electron chi connectivity index (χ0n) is 19.4. The first-order chi connectivity index (χ1) is 16.7. The van der Waals surface area contributed by atoms with E-state index in [0.717, 1.165) is 27.7 Å². The van der Waals surface area contributed by atoms with Gasteiger partial charge in [-0.2, -0.15) is 0 Å². The number of aliphatic carboxylic acids is 1. The van der Waals surface area contributed by atoms with Gasteiger partial charge in [-0.15, -0.1) is 11.3 Å². The van der Waals surface area contributed by atoms with Crippen molar-refractivity contribution < 1.29 is 14.7 Å². The molecule has 4 rings (SSSR count). The lowest BCUT2D eigenvalue weighted by Gasteiger charge is -2.39. The number of piperazine rings is 1. The summed E-state index contributed by atoms with van der Waals surface area (Å²) in [6, 6.07) is 13.0. The molecule has 2 amide bonds. The molecule has 2 N–H and O–H groups in total. The quantitative estimate of drug-likeness (QED) is 0.399. The number of carbonyl (C=O) groups excluding carboxylic acids is 1. The number of para-hydroxylation sites is 1. The first-order valence-electron chi connectivity index (χ1n) is 11.3. The number of carboxylic acids is 1. The standard InChI is InChI=1S/C25H26Cl2N4O3S/c1-15(2)12-21-22(16-8-9-18(26)19(27)13-16)29-25(35-21)30-10-11-31(20(14-30)23(32)33)24(34)28-17-6-4-3-5-7-17/h3-9,13,15,20H,10-12,14H2,1-2H3,(H,28,34)(H,32,33). The van der Waals surface area contributed by atoms with Gasteiger partial charge >= 0.3 is 12.0 Å². The summed E-state index contributed by atoms with van der Waals surface area (Å²) >= 11 is 13.9. The van der Waals surface area contributed by atoms with Gasteiger partial charge in [-0.3, -0.25) is 0 Å². The Labute approximate surface area is 218 Å². The number of anilines is 2. The highest BCUT2D eigenvalue weighted by atomic mass is 35.5. The second-order valence-electron chi connectivity index (χ2n) is 8.78. The number of halogens is 2. The molecule has 184 valence electrons. The van der Waals surface area contributed by atoms with Crippen LogP contribution in [-0.2, 0) is 11.2 Å². The molecule has 7 nitrogen and oxygen atoms in total. The van der Waals surface area contributed by atoms with Crippen molar-refractivity contribution in [1.29, 1.82) is 0 Å². The van der Waals surface area contributed by atoms with Crippen LogP contribution in [-0.4, -0.2) is 52.7 Å². The van der Waals surface area contributed by atoms with Crippen LogP contribution in [0.4, 0.5) is 15.6 Å². The topological polar surface area (TPSA) is 85.8 Å². The van der Waals surface area contributed by atoms with E-state index in [4.69, 9.17) is 28.2 Å². The normalized spacial score (nSPS) is 16.0. The van der Waals surface area contributed by atoms with Gasteiger partial charge in [0.2, 0.25) is 0 Å². The van der Waals surface area contributed by atoms with Gasteiger partial charge in [0.15, 0.2) is 5.13 Å². The molecule has 35 heavy (non-hydrogen) atoms. The van der Waals surface area contributed by atoms with Crippen molar-refractivity contribution in [2.75, 3.05) is 29.9 Å². The third-order valence-electron chi connectivity index (χ3n) is 5.69. The summed E-state index contributed by atoms with van der Waals surface area (Å²) in [5.74, 6) is -0.642. The predicted octanol–water partition coefficient (Wildman–Crippen LogP) is 6.12. The number of hydrogen-bond donors (Lipinski definition) is 2. The summed E-state index contributed by atoms with van der Waals surface area (Å²) in [5.41, 5.74) is 2.31. The highest BCUT2D eigenvalue weighted by Crippen LogP contribution is 2.37. The maximum atomic E-state index is 12.8. The van der Waals surface area contributed by atoms with E-state index < -0.39 is 18.0 Å². The number of nitrogens with zero attached hydrogens (tertiary/aromatic N) is 3. The van der Waals surface area contributed by atoms with Crippen LogP contribution < -0.4 is 10.2 Å². The summed E-state index contributed by atoms with van der Waals surface area (Å²) in [7, 11) is 0. The van der Waals surface area contributed by atoms with Crippen LogP contribution in [0.1, 0.15) is 18.7 Å². The Hall–Kier alpha value is -2.81. The Balaban J connectivity index is 1.58. The van der Waals surface area contributed by atoms with Crippen molar-refractivity contribution in [2.45, 2.75) is 26.3 Å². The summed E-state index contributed by atoms with van der Waals surface area (Å²) in [5, 5.41) is 14.4. The minimum atomic E-state index is -1.05. The largest absolute Gasteiger partial charge is 0.480 e. The molecule has 1 unspecified atom stereocenters. The first-order valence-corrected chi connectivity index (χ1v) is 12.9. The predicted molar refractivity (Wildman–Crippen MR) is 142 cm³/mol. The number of aromatic nitrogens is 1. The van der Waals surface area contributed by atoms with Crippen molar-refractivity contribution in [2.24, 2.45) is 5.92 Å². The number of urea groups is 1. The Morgan fingerprint density at radius 1 is 1.14 bits per heavy atom. The lowest BCUT2D eigenvalue weighted by atomic mass is 10.0. The lowest BCUT2D eigenvalue weighted by molar-refractivity contribution is -0.142. The fourth-order valence-corrected chi connectivity index (χ4v) is 5.61. The minimum Gasteiger partial charge on any atom is -0.480 e. The molecule has 0 aliphatic carbocycles. The van der Waals surface area contributed by atoms with Crippen molar-refractivity contribution in [3.63, 3.8) is 0 Å². The molecule has 10 heteroatoms. The molecule has 1 fully saturated rings. The number of rotatable bonds is 6. The Morgan fingerprint density at radius 3 is 2.54 bits per heavy atom. The summed E-state index contributed by atoms with van der Waals surface area (Å²) in [6.45, 7) is 5.16. The van der Waals surface area contributed by atoms with Crippen LogP contribution in [0.5, 0.6) is 0 Å². The van der Waals surface area contributed by atoms with Gasteiger partial charge in [0.1, 0.15) is 6.04 Å². The Kier molecular flexibility index (Phi) is 7.84. The van der Waals surface area contributed by atoms with Crippen molar-refractivity contribution in [3.8, 4) is 11.3 Å². The van der Waals surface area contributed by atoms with Crippen molar-refractivity contribution in [3.05, 3.63) is 63.5 Å². The highest BCUT2D eigenvalue weighted by Gasteiger charge is 2.36. The first kappa shape index (κ1) is 25.3. The van der Waals surface area contributed by atoms with Gasteiger partial charge in [0.05, 0.1) is 22.3 Å². The van der Waals surface area contributed by atoms with E-state index in [1.165, 1.54) is 4.90 Å². The van der Waals surface area contributed by atoms with Crippen LogP contribution in [0.3, 0.4) is 0 Å². The molecule has 2 heterocycles.